The summed E-state index contributed by atoms with van der Waals surface area (Å²) >= 11 is 0. The fourth-order valence-electron chi connectivity index (χ4n) is 5.66. The number of carbonyl (C=O) groups is 2. The topological polar surface area (TPSA) is 128 Å². The molecular weight excluding hydrogens is 546 g/mol. The molecule has 2 aliphatic rings. The average molecular weight is 570 g/mol. The van der Waals surface area contributed by atoms with Crippen molar-refractivity contribution in [1.82, 2.24) is 24.3 Å². The Balaban J connectivity index is 1.35. The average Bonchev–Trinajstić information content (AvgIpc) is 3.61. The van der Waals surface area contributed by atoms with Gasteiger partial charge in [0.2, 0.25) is 5.91 Å². The van der Waals surface area contributed by atoms with Gasteiger partial charge in [-0.3, -0.25) is 14.0 Å². The molecule has 0 bridgehead atoms. The Morgan fingerprint density at radius 1 is 1.12 bits per heavy atom. The van der Waals surface area contributed by atoms with Crippen molar-refractivity contribution in [2.45, 2.75) is 31.6 Å². The van der Waals surface area contributed by atoms with Crippen LogP contribution >= 0.6 is 0 Å². The fourth-order valence-corrected chi connectivity index (χ4v) is 5.66. The number of amides is 2. The highest BCUT2D eigenvalue weighted by Crippen LogP contribution is 2.44. The van der Waals surface area contributed by atoms with E-state index < -0.39 is 29.5 Å². The monoisotopic (exact) mass is 569 g/mol. The number of aromatic nitrogens is 4. The van der Waals surface area contributed by atoms with Crippen molar-refractivity contribution >= 4 is 29.0 Å². The smallest absolute Gasteiger partial charge is 0.382 e. The zero-order chi connectivity index (χ0) is 29.1. The number of nitrogens with one attached hydrogen (secondary N) is 1. The number of anilines is 2. The van der Waals surface area contributed by atoms with E-state index >= 15 is 4.39 Å². The highest BCUT2D eigenvalue weighted by molar-refractivity contribution is 6.04. The lowest BCUT2D eigenvalue weighted by molar-refractivity contribution is -0.137. The van der Waals surface area contributed by atoms with Crippen LogP contribution in [0.1, 0.15) is 41.1 Å². The fraction of sp³-hybridized carbons (Fsp3) is 0.296. The number of hydrogen-bond acceptors (Lipinski definition) is 7. The molecule has 0 radical (unpaired) electrons. The van der Waals surface area contributed by atoms with Crippen LogP contribution in [0.3, 0.4) is 0 Å². The summed E-state index contributed by atoms with van der Waals surface area (Å²) in [6.45, 7) is 2.44. The van der Waals surface area contributed by atoms with E-state index in [2.05, 4.69) is 15.3 Å². The maximum Gasteiger partial charge on any atom is 0.416 e. The molecule has 10 nitrogen and oxygen atoms in total. The number of fused-ring (bicyclic) bond motifs is 2. The number of nitrogens with two attached hydrogens (primary N) is 1. The summed E-state index contributed by atoms with van der Waals surface area (Å²) < 4.78 is 61.9. The van der Waals surface area contributed by atoms with Crippen LogP contribution in [-0.4, -0.2) is 55.3 Å². The van der Waals surface area contributed by atoms with Crippen molar-refractivity contribution in [1.29, 1.82) is 0 Å². The first kappa shape index (κ1) is 26.6. The second kappa shape index (κ2) is 9.80. The number of nitrogens with zero attached hydrogens (tertiary/aromatic N) is 5. The molecule has 2 saturated heterocycles. The van der Waals surface area contributed by atoms with Gasteiger partial charge in [-0.15, -0.1) is 0 Å². The Morgan fingerprint density at radius 2 is 1.93 bits per heavy atom. The zero-order valence-corrected chi connectivity index (χ0v) is 21.5. The van der Waals surface area contributed by atoms with Gasteiger partial charge in [-0.2, -0.15) is 13.2 Å². The van der Waals surface area contributed by atoms with E-state index in [1.165, 1.54) is 25.3 Å². The third-order valence-corrected chi connectivity index (χ3v) is 7.47. The van der Waals surface area contributed by atoms with E-state index in [0.29, 0.717) is 37.0 Å². The number of pyridine rings is 1. The van der Waals surface area contributed by atoms with Crippen LogP contribution in [0, 0.1) is 11.7 Å². The van der Waals surface area contributed by atoms with Gasteiger partial charge in [-0.05, 0) is 36.8 Å². The van der Waals surface area contributed by atoms with E-state index in [0.717, 1.165) is 18.3 Å². The molecule has 5 heterocycles. The minimum Gasteiger partial charge on any atom is -0.382 e. The quantitative estimate of drug-likeness (QED) is 0.355. The number of rotatable bonds is 4. The molecule has 0 saturated carbocycles. The number of ether oxygens (including phenoxy) is 1. The highest BCUT2D eigenvalue weighted by Gasteiger charge is 2.48. The normalized spacial score (nSPS) is 20.4. The van der Waals surface area contributed by atoms with Crippen molar-refractivity contribution in [3.8, 4) is 11.3 Å². The number of carbonyl (C=O) groups excluding carboxylic acids is 2. The molecule has 41 heavy (non-hydrogen) atoms. The Bertz CT molecular complexity index is 1690. The molecule has 14 heteroatoms. The molecular formula is C27H23F4N7O3. The first-order valence-corrected chi connectivity index (χ1v) is 12.7. The third-order valence-electron chi connectivity index (χ3n) is 7.47. The zero-order valence-electron chi connectivity index (χ0n) is 21.5. The molecule has 6 rings (SSSR count). The summed E-state index contributed by atoms with van der Waals surface area (Å²) in [5.74, 6) is -1.41. The molecule has 0 spiro atoms. The van der Waals surface area contributed by atoms with Crippen molar-refractivity contribution in [3.63, 3.8) is 0 Å². The first-order chi connectivity index (χ1) is 19.5. The molecule has 212 valence electrons. The predicted molar refractivity (Wildman–Crippen MR) is 138 cm³/mol. The van der Waals surface area contributed by atoms with Gasteiger partial charge in [0.15, 0.2) is 0 Å². The molecule has 0 aliphatic carbocycles. The van der Waals surface area contributed by atoms with E-state index in [9.17, 15) is 22.8 Å². The van der Waals surface area contributed by atoms with Gasteiger partial charge in [-0.25, -0.2) is 19.3 Å². The van der Waals surface area contributed by atoms with Gasteiger partial charge >= 0.3 is 6.18 Å². The van der Waals surface area contributed by atoms with Gasteiger partial charge in [-0.1, -0.05) is 0 Å². The number of hydrogen-bond donors (Lipinski definition) is 2. The highest BCUT2D eigenvalue weighted by atomic mass is 19.4. The van der Waals surface area contributed by atoms with Crippen molar-refractivity contribution in [2.24, 2.45) is 5.92 Å². The number of imidazole rings is 1. The lowest BCUT2D eigenvalue weighted by Crippen LogP contribution is -2.38. The van der Waals surface area contributed by atoms with Gasteiger partial charge in [0.05, 0.1) is 30.9 Å². The number of alkyl halides is 3. The molecule has 2 amide bonds. The lowest BCUT2D eigenvalue weighted by Gasteiger charge is -2.27. The minimum absolute atomic E-state index is 0.0260. The number of likely N-dealkylation sites (tertiary alicyclic amines) is 1. The van der Waals surface area contributed by atoms with Gasteiger partial charge < -0.3 is 20.7 Å². The summed E-state index contributed by atoms with van der Waals surface area (Å²) in [6.07, 6.45) is 0.0314. The molecule has 4 aromatic rings. The summed E-state index contributed by atoms with van der Waals surface area (Å²) in [7, 11) is 0. The number of benzene rings is 1. The Hall–Kier alpha value is -4.59. The first-order valence-electron chi connectivity index (χ1n) is 12.7. The third kappa shape index (κ3) is 4.63. The number of halogens is 4. The van der Waals surface area contributed by atoms with Gasteiger partial charge in [0.25, 0.3) is 5.91 Å². The second-order valence-corrected chi connectivity index (χ2v) is 9.97. The SMILES string of the molecule is CC(=O)N1[C@@H]2COC[C@@H]2C[C@H]1c1nc(-c2ccc(C(=O)Nc3cc(C(F)(F)F)ccn3)cc2F)c2c(N)nccn12. The minimum atomic E-state index is -4.62. The van der Waals surface area contributed by atoms with Crippen LogP contribution in [0.4, 0.5) is 29.2 Å². The molecule has 2 aliphatic heterocycles. The summed E-state index contributed by atoms with van der Waals surface area (Å²) in [4.78, 5) is 39.7. The van der Waals surface area contributed by atoms with Crippen LogP contribution in [-0.2, 0) is 15.7 Å². The van der Waals surface area contributed by atoms with Gasteiger partial charge in [0, 0.05) is 42.6 Å². The molecule has 0 unspecified atom stereocenters. The number of nitrogen functional groups attached to an aromatic ring is 1. The predicted octanol–water partition coefficient (Wildman–Crippen LogP) is 4.09. The van der Waals surface area contributed by atoms with Crippen molar-refractivity contribution in [3.05, 3.63) is 71.7 Å². The van der Waals surface area contributed by atoms with Crippen LogP contribution in [0.25, 0.3) is 16.8 Å². The Kier molecular flexibility index (Phi) is 6.36. The summed E-state index contributed by atoms with van der Waals surface area (Å²) in [5, 5.41) is 2.26. The van der Waals surface area contributed by atoms with Gasteiger partial charge in [0.1, 0.15) is 34.5 Å². The summed E-state index contributed by atoms with van der Waals surface area (Å²) in [6, 6.07) is 4.57. The maximum absolute atomic E-state index is 15.6. The van der Waals surface area contributed by atoms with E-state index in [1.54, 1.807) is 15.5 Å². The Morgan fingerprint density at radius 3 is 2.66 bits per heavy atom. The summed E-state index contributed by atoms with van der Waals surface area (Å²) in [5.41, 5.74) is 5.61. The van der Waals surface area contributed by atoms with Crippen LogP contribution < -0.4 is 11.1 Å². The maximum atomic E-state index is 15.6. The molecule has 2 fully saturated rings. The van der Waals surface area contributed by atoms with Crippen LogP contribution in [0.2, 0.25) is 0 Å². The standard InChI is InChI=1S/C27H23F4N7O3/c1-13(39)38-19(9-15-11-41-12-20(15)38)25-36-22(23-24(32)34-6-7-37(23)25)17-3-2-14(8-18(17)28)26(40)35-21-10-16(4-5-33-21)27(29,30)31/h2-8,10,15,19-20H,9,11-12H2,1H3,(H2,32,34)(H,33,35,40)/t15-,19-,20+/m0/s1. The van der Waals surface area contributed by atoms with E-state index in [4.69, 9.17) is 15.5 Å². The van der Waals surface area contributed by atoms with Crippen LogP contribution in [0.15, 0.2) is 48.9 Å². The van der Waals surface area contributed by atoms with Crippen molar-refractivity contribution < 1.29 is 31.9 Å². The molecule has 1 aromatic carbocycles. The largest absolute Gasteiger partial charge is 0.416 e. The van der Waals surface area contributed by atoms with E-state index in [-0.39, 0.29) is 46.3 Å². The van der Waals surface area contributed by atoms with Crippen LogP contribution in [0.5, 0.6) is 0 Å². The van der Waals surface area contributed by atoms with E-state index in [1.807, 2.05) is 0 Å². The molecule has 3 aromatic heterocycles. The lowest BCUT2D eigenvalue weighted by atomic mass is 10.0. The Labute approximate surface area is 230 Å². The molecule has 3 atom stereocenters. The molecule has 3 N–H and O–H groups in total. The van der Waals surface area contributed by atoms with Crippen molar-refractivity contribution in [2.75, 3.05) is 24.3 Å². The second-order valence-electron chi connectivity index (χ2n) is 9.97.